The monoisotopic (exact) mass is 567 g/mol. The van der Waals surface area contributed by atoms with Crippen LogP contribution < -0.4 is 10.2 Å². The van der Waals surface area contributed by atoms with E-state index >= 15 is 0 Å². The lowest BCUT2D eigenvalue weighted by Crippen LogP contribution is -2.85. The smallest absolute Gasteiger partial charge is 0.334 e. The van der Waals surface area contributed by atoms with Crippen molar-refractivity contribution in [1.82, 2.24) is 9.27 Å². The summed E-state index contributed by atoms with van der Waals surface area (Å²) in [4.78, 5) is 13.0. The summed E-state index contributed by atoms with van der Waals surface area (Å²) >= 11 is 0. The molecular formula is C32H59N2O6+. The van der Waals surface area contributed by atoms with E-state index in [0.29, 0.717) is 25.2 Å². The highest BCUT2D eigenvalue weighted by molar-refractivity contribution is 5.05. The predicted molar refractivity (Wildman–Crippen MR) is 161 cm³/mol. The minimum absolute atomic E-state index is 0.0812. The Labute approximate surface area is 242 Å². The molecule has 1 heterocycles. The molecule has 0 aromatic carbocycles. The number of rotatable bonds is 21. The molecule has 0 spiro atoms. The average molecular weight is 568 g/mol. The van der Waals surface area contributed by atoms with Crippen LogP contribution in [0.4, 0.5) is 0 Å². The van der Waals surface area contributed by atoms with Crippen molar-refractivity contribution in [3.05, 3.63) is 34.7 Å². The first-order valence-corrected chi connectivity index (χ1v) is 16.3. The Morgan fingerprint density at radius 1 is 0.725 bits per heavy atom. The van der Waals surface area contributed by atoms with E-state index in [1.165, 1.54) is 94.0 Å². The van der Waals surface area contributed by atoms with Gasteiger partial charge in [-0.2, -0.15) is 9.27 Å². The molecule has 1 aliphatic carbocycles. The van der Waals surface area contributed by atoms with E-state index in [9.17, 15) is 30.3 Å². The van der Waals surface area contributed by atoms with Crippen LogP contribution in [0, 0.1) is 5.92 Å². The number of hydrogen-bond acceptors (Lipinski definition) is 6. The first-order valence-electron chi connectivity index (χ1n) is 16.3. The van der Waals surface area contributed by atoms with Gasteiger partial charge in [-0.15, -0.1) is 0 Å². The maximum atomic E-state index is 13.0. The Bertz CT molecular complexity index is 859. The Hall–Kier alpha value is -1.29. The summed E-state index contributed by atoms with van der Waals surface area (Å²) in [6, 6.07) is 4.01. The molecule has 0 radical (unpaired) electrons. The topological polar surface area (TPSA) is 123 Å². The molecule has 1 aliphatic rings. The van der Waals surface area contributed by atoms with Crippen LogP contribution in [0.3, 0.4) is 0 Å². The van der Waals surface area contributed by atoms with Crippen molar-refractivity contribution in [3.8, 4) is 0 Å². The Kier molecular flexibility index (Phi) is 15.4. The molecule has 232 valence electrons. The van der Waals surface area contributed by atoms with Gasteiger partial charge in [-0.3, -0.25) is 4.79 Å². The third-order valence-corrected chi connectivity index (χ3v) is 9.12. The van der Waals surface area contributed by atoms with Gasteiger partial charge in [-0.05, 0) is 37.7 Å². The Morgan fingerprint density at radius 3 is 1.60 bits per heavy atom. The fraction of sp³-hybridized carbons (Fsp3) is 0.844. The molecule has 40 heavy (non-hydrogen) atoms. The van der Waals surface area contributed by atoms with Crippen LogP contribution in [0.15, 0.2) is 29.2 Å². The van der Waals surface area contributed by atoms with Gasteiger partial charge in [-0.1, -0.05) is 110 Å². The summed E-state index contributed by atoms with van der Waals surface area (Å²) in [6.45, 7) is 4.47. The number of nitrogens with zero attached hydrogens (tertiary/aromatic N) is 2. The van der Waals surface area contributed by atoms with Crippen LogP contribution in [0.2, 0.25) is 0 Å². The molecule has 0 bridgehead atoms. The molecule has 0 saturated heterocycles. The lowest BCUT2D eigenvalue weighted by Gasteiger charge is -2.53. The predicted octanol–water partition coefficient (Wildman–Crippen LogP) is 5.40. The summed E-state index contributed by atoms with van der Waals surface area (Å²) in [5, 5.41) is 52.8. The van der Waals surface area contributed by atoms with E-state index in [-0.39, 0.29) is 6.54 Å². The molecule has 0 amide bonds. The number of aliphatic hydroxyl groups is 5. The third kappa shape index (κ3) is 9.92. The highest BCUT2D eigenvalue weighted by atomic mass is 16.7. The number of hydrogen-bond donors (Lipinski definition) is 5. The van der Waals surface area contributed by atoms with Gasteiger partial charge in [0.1, 0.15) is 12.6 Å². The van der Waals surface area contributed by atoms with Crippen LogP contribution >= 0.6 is 0 Å². The summed E-state index contributed by atoms with van der Waals surface area (Å²) in [5.41, 5.74) is -0.491. The zero-order valence-corrected chi connectivity index (χ0v) is 25.4. The standard InChI is InChI=1S/C32H59N2O6/c1-3-4-5-6-7-8-9-10-11-12-13-14-15-16-17-20-27-34(31(36,37)32(38,39)40,29-24-22-28(2)23-25-29)33-26-19-18-21-30(33)35/h18-19,21,26,28-29,36-40H,3-17,20,22-25,27H2,1-2H3/q+1. The Balaban J connectivity index is 1.89. The van der Waals surface area contributed by atoms with Crippen LogP contribution in [-0.2, 0) is 0 Å². The quantitative estimate of drug-likeness (QED) is 0.0770. The van der Waals surface area contributed by atoms with Crippen LogP contribution in [-0.4, -0.2) is 54.7 Å². The van der Waals surface area contributed by atoms with Crippen molar-refractivity contribution >= 4 is 0 Å². The zero-order valence-electron chi connectivity index (χ0n) is 25.4. The largest absolute Gasteiger partial charge is 0.423 e. The van der Waals surface area contributed by atoms with Gasteiger partial charge in [0, 0.05) is 18.9 Å². The fourth-order valence-electron chi connectivity index (χ4n) is 6.57. The molecule has 1 fully saturated rings. The third-order valence-electron chi connectivity index (χ3n) is 9.12. The van der Waals surface area contributed by atoms with E-state index in [0.717, 1.165) is 32.1 Å². The van der Waals surface area contributed by atoms with Gasteiger partial charge >= 0.3 is 11.9 Å². The molecule has 8 nitrogen and oxygen atoms in total. The lowest BCUT2D eigenvalue weighted by molar-refractivity contribution is -0.500. The maximum Gasteiger partial charge on any atom is 0.423 e. The van der Waals surface area contributed by atoms with Gasteiger partial charge in [0.15, 0.2) is 0 Å². The van der Waals surface area contributed by atoms with E-state index in [1.54, 1.807) is 12.1 Å². The molecule has 1 saturated carbocycles. The molecule has 0 aliphatic heterocycles. The normalized spacial score (nSPS) is 20.0. The Morgan fingerprint density at radius 2 is 1.18 bits per heavy atom. The van der Waals surface area contributed by atoms with E-state index in [4.69, 9.17) is 0 Å². The van der Waals surface area contributed by atoms with Crippen molar-refractivity contribution in [3.63, 3.8) is 0 Å². The van der Waals surface area contributed by atoms with Gasteiger partial charge in [-0.25, -0.2) is 0 Å². The molecule has 8 heteroatoms. The minimum atomic E-state index is -3.82. The maximum absolute atomic E-state index is 13.0. The summed E-state index contributed by atoms with van der Waals surface area (Å²) < 4.78 is 0.324. The number of aromatic nitrogens is 1. The van der Waals surface area contributed by atoms with Gasteiger partial charge in [0.05, 0.1) is 6.20 Å². The van der Waals surface area contributed by atoms with Crippen molar-refractivity contribution < 1.29 is 25.5 Å². The van der Waals surface area contributed by atoms with Crippen LogP contribution in [0.25, 0.3) is 0 Å². The summed E-state index contributed by atoms with van der Waals surface area (Å²) in [5.74, 6) is -6.77. The van der Waals surface area contributed by atoms with Crippen LogP contribution in [0.5, 0.6) is 0 Å². The second-order valence-corrected chi connectivity index (χ2v) is 12.4. The highest BCUT2D eigenvalue weighted by Gasteiger charge is 2.68. The van der Waals surface area contributed by atoms with Crippen molar-refractivity contribution in [2.75, 3.05) is 6.54 Å². The van der Waals surface area contributed by atoms with Crippen molar-refractivity contribution in [2.45, 2.75) is 160 Å². The molecule has 1 aromatic heterocycles. The first kappa shape index (κ1) is 34.9. The summed E-state index contributed by atoms with van der Waals surface area (Å²) in [6.07, 6.45) is 23.5. The average Bonchev–Trinajstić information content (AvgIpc) is 2.91. The number of pyridine rings is 1. The minimum Gasteiger partial charge on any atom is -0.334 e. The van der Waals surface area contributed by atoms with Crippen LogP contribution in [0.1, 0.15) is 142 Å². The van der Waals surface area contributed by atoms with E-state index in [1.807, 2.05) is 0 Å². The second-order valence-electron chi connectivity index (χ2n) is 12.4. The van der Waals surface area contributed by atoms with Crippen molar-refractivity contribution in [2.24, 2.45) is 5.92 Å². The SMILES string of the molecule is CCCCCCCCCCCCCCCCCC[N+](C1CCC(C)CC1)(n1ccccc1=O)C(O)(O)C(O)(O)O. The molecule has 5 N–H and O–H groups in total. The molecule has 1 unspecified atom stereocenters. The van der Waals surface area contributed by atoms with E-state index < -0.39 is 28.1 Å². The fourth-order valence-corrected chi connectivity index (χ4v) is 6.57. The molecular weight excluding hydrogens is 508 g/mol. The number of quaternary nitrogens is 1. The number of unbranched alkanes of at least 4 members (excludes halogenated alkanes) is 15. The lowest BCUT2D eigenvalue weighted by atomic mass is 9.85. The van der Waals surface area contributed by atoms with Crippen molar-refractivity contribution in [1.29, 1.82) is 0 Å². The molecule has 1 aromatic rings. The van der Waals surface area contributed by atoms with Gasteiger partial charge in [0.25, 0.3) is 5.56 Å². The molecule has 1 atom stereocenters. The van der Waals surface area contributed by atoms with Gasteiger partial charge in [0.2, 0.25) is 0 Å². The molecule has 2 rings (SSSR count). The zero-order chi connectivity index (χ0) is 29.5. The second kappa shape index (κ2) is 17.6. The highest BCUT2D eigenvalue weighted by Crippen LogP contribution is 2.37. The van der Waals surface area contributed by atoms with E-state index in [2.05, 4.69) is 13.8 Å². The van der Waals surface area contributed by atoms with Gasteiger partial charge < -0.3 is 25.5 Å². The first-order chi connectivity index (χ1) is 19.1. The summed E-state index contributed by atoms with van der Waals surface area (Å²) in [7, 11) is 0.